The van der Waals surface area contributed by atoms with Gasteiger partial charge in [-0.1, -0.05) is 12.1 Å². The maximum atomic E-state index is 15.2. The second-order valence-corrected chi connectivity index (χ2v) is 9.12. The van der Waals surface area contributed by atoms with Gasteiger partial charge in [0.1, 0.15) is 18.1 Å². The monoisotopic (exact) mass is 530 g/mol. The Bertz CT molecular complexity index is 1240. The number of carbonyl (C=O) groups is 1. The van der Waals surface area contributed by atoms with E-state index in [1.807, 2.05) is 37.4 Å². The summed E-state index contributed by atoms with van der Waals surface area (Å²) in [4.78, 5) is 20.5. The molecule has 0 bridgehead atoms. The van der Waals surface area contributed by atoms with Crippen LogP contribution < -0.4 is 15.0 Å². The van der Waals surface area contributed by atoms with Gasteiger partial charge < -0.3 is 15.0 Å². The van der Waals surface area contributed by atoms with E-state index >= 15 is 4.39 Å². The lowest BCUT2D eigenvalue weighted by atomic mass is 10.00. The first-order valence-electron chi connectivity index (χ1n) is 12.5. The summed E-state index contributed by atoms with van der Waals surface area (Å²) in [6, 6.07) is 13.5. The minimum absolute atomic E-state index is 0.126. The predicted octanol–water partition coefficient (Wildman–Crippen LogP) is 5.46. The summed E-state index contributed by atoms with van der Waals surface area (Å²) in [6.45, 7) is 5.84. The molecular formula is C28H30F4N4O2. The van der Waals surface area contributed by atoms with Gasteiger partial charge in [-0.25, -0.2) is 4.39 Å². The quantitative estimate of drug-likeness (QED) is 0.392. The van der Waals surface area contributed by atoms with Crippen molar-refractivity contribution in [3.8, 4) is 16.9 Å². The van der Waals surface area contributed by atoms with Crippen molar-refractivity contribution < 1.29 is 27.1 Å². The van der Waals surface area contributed by atoms with Gasteiger partial charge in [-0.2, -0.15) is 13.2 Å². The van der Waals surface area contributed by atoms with Gasteiger partial charge in [-0.3, -0.25) is 14.7 Å². The van der Waals surface area contributed by atoms with Gasteiger partial charge in [-0.15, -0.1) is 0 Å². The fourth-order valence-electron chi connectivity index (χ4n) is 4.54. The van der Waals surface area contributed by atoms with Crippen molar-refractivity contribution in [3.05, 3.63) is 77.9 Å². The van der Waals surface area contributed by atoms with Gasteiger partial charge in [0.15, 0.2) is 0 Å². The number of nitrogens with one attached hydrogen (secondary N) is 1. The normalized spacial score (nSPS) is 15.3. The summed E-state index contributed by atoms with van der Waals surface area (Å²) in [7, 11) is 0. The molecule has 2 aromatic carbocycles. The lowest BCUT2D eigenvalue weighted by Crippen LogP contribution is -2.47. The Labute approximate surface area is 219 Å². The molecule has 0 radical (unpaired) electrons. The van der Waals surface area contributed by atoms with E-state index in [2.05, 4.69) is 14.8 Å². The van der Waals surface area contributed by atoms with Gasteiger partial charge >= 0.3 is 6.18 Å². The summed E-state index contributed by atoms with van der Waals surface area (Å²) in [6.07, 6.45) is -1.14. The molecular weight excluding hydrogens is 500 g/mol. The van der Waals surface area contributed by atoms with E-state index in [0.717, 1.165) is 16.8 Å². The number of halogens is 4. The number of carbonyl (C=O) groups excluding carboxylic acids is 1. The van der Waals surface area contributed by atoms with E-state index in [0.29, 0.717) is 44.1 Å². The number of nitrogens with zero attached hydrogens (tertiary/aromatic N) is 3. The number of hydrogen-bond acceptors (Lipinski definition) is 5. The van der Waals surface area contributed by atoms with Crippen LogP contribution in [0.2, 0.25) is 0 Å². The van der Waals surface area contributed by atoms with Crippen LogP contribution in [-0.2, 0) is 0 Å². The van der Waals surface area contributed by atoms with Crippen molar-refractivity contribution >= 4 is 11.6 Å². The van der Waals surface area contributed by atoms with Crippen LogP contribution >= 0.6 is 0 Å². The molecule has 1 N–H and O–H groups in total. The minimum Gasteiger partial charge on any atom is -0.492 e. The number of hydrogen-bond donors (Lipinski definition) is 1. The zero-order valence-electron chi connectivity index (χ0n) is 21.3. The second-order valence-electron chi connectivity index (χ2n) is 9.12. The molecule has 1 saturated heterocycles. The van der Waals surface area contributed by atoms with Crippen LogP contribution in [0.15, 0.2) is 60.9 Å². The van der Waals surface area contributed by atoms with E-state index in [1.54, 1.807) is 24.5 Å². The van der Waals surface area contributed by atoms with Gasteiger partial charge in [0.05, 0.1) is 12.8 Å². The molecule has 1 amide bonds. The number of benzene rings is 2. The highest BCUT2D eigenvalue weighted by atomic mass is 19.4. The highest BCUT2D eigenvalue weighted by Gasteiger charge is 2.28. The van der Waals surface area contributed by atoms with Crippen LogP contribution in [0.4, 0.5) is 23.2 Å². The predicted molar refractivity (Wildman–Crippen MR) is 138 cm³/mol. The van der Waals surface area contributed by atoms with E-state index in [-0.39, 0.29) is 17.4 Å². The zero-order chi connectivity index (χ0) is 27.3. The van der Waals surface area contributed by atoms with Crippen molar-refractivity contribution in [2.24, 2.45) is 0 Å². The summed E-state index contributed by atoms with van der Waals surface area (Å²) in [5.74, 6) is -0.405. The van der Waals surface area contributed by atoms with Crippen molar-refractivity contribution in [1.29, 1.82) is 0 Å². The number of aromatic nitrogens is 1. The maximum absolute atomic E-state index is 15.2. The van der Waals surface area contributed by atoms with Crippen LogP contribution in [0.5, 0.6) is 5.75 Å². The molecule has 38 heavy (non-hydrogen) atoms. The molecule has 4 rings (SSSR count). The number of piperazine rings is 1. The summed E-state index contributed by atoms with van der Waals surface area (Å²) >= 11 is 0. The Morgan fingerprint density at radius 2 is 1.74 bits per heavy atom. The van der Waals surface area contributed by atoms with Crippen molar-refractivity contribution in [1.82, 2.24) is 15.2 Å². The van der Waals surface area contributed by atoms with E-state index < -0.39 is 18.6 Å². The fourth-order valence-corrected chi connectivity index (χ4v) is 4.54. The molecule has 0 saturated carbocycles. The summed E-state index contributed by atoms with van der Waals surface area (Å²) in [5.41, 5.74) is 3.18. The van der Waals surface area contributed by atoms with Gasteiger partial charge in [0.25, 0.3) is 5.91 Å². The molecule has 10 heteroatoms. The first-order chi connectivity index (χ1) is 18.1. The lowest BCUT2D eigenvalue weighted by Gasteiger charge is -2.39. The standard InChI is InChI=1S/C28H30F4N4O2/c1-3-38-24-14-22(16-33-17-24)21-6-9-25(26(29)15-21)19(2)35-10-12-36(13-11-35)23-7-4-20(5-8-23)27(37)34-18-28(30,31)32/h4-9,14-17,19H,3,10-13,18H2,1-2H3,(H,34,37). The van der Waals surface area contributed by atoms with Crippen LogP contribution in [0.3, 0.4) is 0 Å². The Hall–Kier alpha value is -3.66. The molecule has 1 aromatic heterocycles. The third kappa shape index (κ3) is 6.80. The Morgan fingerprint density at radius 1 is 1.03 bits per heavy atom. The maximum Gasteiger partial charge on any atom is 0.405 e. The Kier molecular flexibility index (Phi) is 8.51. The second kappa shape index (κ2) is 11.8. The average molecular weight is 531 g/mol. The smallest absolute Gasteiger partial charge is 0.405 e. The van der Waals surface area contributed by atoms with E-state index in [9.17, 15) is 18.0 Å². The van der Waals surface area contributed by atoms with E-state index in [4.69, 9.17) is 4.74 Å². The minimum atomic E-state index is -4.45. The number of alkyl halides is 3. The highest BCUT2D eigenvalue weighted by Crippen LogP contribution is 2.30. The third-order valence-corrected chi connectivity index (χ3v) is 6.61. The number of ether oxygens (including phenoxy) is 1. The highest BCUT2D eigenvalue weighted by molar-refractivity contribution is 5.94. The molecule has 2 heterocycles. The van der Waals surface area contributed by atoms with E-state index in [1.165, 1.54) is 18.2 Å². The van der Waals surface area contributed by atoms with Crippen LogP contribution in [0, 0.1) is 5.82 Å². The third-order valence-electron chi connectivity index (χ3n) is 6.61. The zero-order valence-corrected chi connectivity index (χ0v) is 21.3. The molecule has 6 nitrogen and oxygen atoms in total. The van der Waals surface area contributed by atoms with Gasteiger partial charge in [0.2, 0.25) is 0 Å². The first-order valence-corrected chi connectivity index (χ1v) is 12.5. The number of amides is 1. The Balaban J connectivity index is 1.35. The number of anilines is 1. The van der Waals surface area contributed by atoms with Gasteiger partial charge in [0, 0.05) is 60.8 Å². The molecule has 1 aliphatic rings. The van der Waals surface area contributed by atoms with Crippen LogP contribution in [0.25, 0.3) is 11.1 Å². The lowest BCUT2D eigenvalue weighted by molar-refractivity contribution is -0.123. The molecule has 0 aliphatic carbocycles. The summed E-state index contributed by atoms with van der Waals surface area (Å²) < 4.78 is 57.7. The first kappa shape index (κ1) is 27.4. The van der Waals surface area contributed by atoms with Crippen LogP contribution in [-0.4, -0.2) is 61.3 Å². The molecule has 1 unspecified atom stereocenters. The number of rotatable bonds is 8. The molecule has 3 aromatic rings. The largest absolute Gasteiger partial charge is 0.492 e. The van der Waals surface area contributed by atoms with Crippen molar-refractivity contribution in [3.63, 3.8) is 0 Å². The molecule has 1 fully saturated rings. The summed E-state index contributed by atoms with van der Waals surface area (Å²) in [5, 5.41) is 1.87. The fraction of sp³-hybridized carbons (Fsp3) is 0.357. The topological polar surface area (TPSA) is 57.7 Å². The average Bonchev–Trinajstić information content (AvgIpc) is 2.91. The number of pyridine rings is 1. The van der Waals surface area contributed by atoms with Crippen molar-refractivity contribution in [2.75, 3.05) is 44.2 Å². The van der Waals surface area contributed by atoms with Crippen LogP contribution in [0.1, 0.15) is 35.8 Å². The van der Waals surface area contributed by atoms with Crippen molar-refractivity contribution in [2.45, 2.75) is 26.1 Å². The SMILES string of the molecule is CCOc1cncc(-c2ccc(C(C)N3CCN(c4ccc(C(=O)NCC(F)(F)F)cc4)CC3)c(F)c2)c1. The molecule has 202 valence electrons. The molecule has 1 aliphatic heterocycles. The Morgan fingerprint density at radius 3 is 2.37 bits per heavy atom. The molecule has 0 spiro atoms. The molecule has 1 atom stereocenters. The van der Waals surface area contributed by atoms with Gasteiger partial charge in [-0.05, 0) is 55.8 Å².